The summed E-state index contributed by atoms with van der Waals surface area (Å²) in [6.45, 7) is 2.17. The van der Waals surface area contributed by atoms with Crippen molar-refractivity contribution in [3.05, 3.63) is 29.3 Å². The summed E-state index contributed by atoms with van der Waals surface area (Å²) in [4.78, 5) is 14.1. The lowest BCUT2D eigenvalue weighted by Crippen LogP contribution is -2.31. The van der Waals surface area contributed by atoms with Gasteiger partial charge in [0.05, 0.1) is 6.61 Å². The standard InChI is InChI=1S/C14H20N2O2/c1-16(9-10-18-2)14(17)12-5-3-7-13-11(12)6-4-8-15-13/h3,5,7,15H,4,6,8-10H2,1-2H3. The van der Waals surface area contributed by atoms with Gasteiger partial charge in [-0.05, 0) is 30.5 Å². The molecule has 98 valence electrons. The predicted molar refractivity (Wildman–Crippen MR) is 72.1 cm³/mol. The van der Waals surface area contributed by atoms with E-state index in [1.807, 2.05) is 25.2 Å². The summed E-state index contributed by atoms with van der Waals surface area (Å²) in [5, 5.41) is 3.34. The smallest absolute Gasteiger partial charge is 0.254 e. The van der Waals surface area contributed by atoms with Gasteiger partial charge in [0.25, 0.3) is 5.91 Å². The summed E-state index contributed by atoms with van der Waals surface area (Å²) in [7, 11) is 3.46. The molecular formula is C14H20N2O2. The molecule has 1 heterocycles. The van der Waals surface area contributed by atoms with Crippen molar-refractivity contribution < 1.29 is 9.53 Å². The van der Waals surface area contributed by atoms with Crippen molar-refractivity contribution in [1.29, 1.82) is 0 Å². The minimum atomic E-state index is 0.0765. The van der Waals surface area contributed by atoms with Crippen molar-refractivity contribution in [3.8, 4) is 0 Å². The molecule has 18 heavy (non-hydrogen) atoms. The van der Waals surface area contributed by atoms with Crippen molar-refractivity contribution in [2.24, 2.45) is 0 Å². The second-order valence-corrected chi connectivity index (χ2v) is 4.58. The van der Waals surface area contributed by atoms with Crippen LogP contribution in [0.5, 0.6) is 0 Å². The third-order valence-corrected chi connectivity index (χ3v) is 3.30. The first kappa shape index (κ1) is 12.9. The number of rotatable bonds is 4. The highest BCUT2D eigenvalue weighted by atomic mass is 16.5. The summed E-state index contributed by atoms with van der Waals surface area (Å²) in [6.07, 6.45) is 2.06. The number of nitrogens with one attached hydrogen (secondary N) is 1. The summed E-state index contributed by atoms with van der Waals surface area (Å²) in [5.74, 6) is 0.0765. The van der Waals surface area contributed by atoms with Crippen LogP contribution in [-0.4, -0.2) is 44.7 Å². The normalized spacial score (nSPS) is 13.7. The summed E-state index contributed by atoms with van der Waals surface area (Å²) in [6, 6.07) is 5.90. The molecule has 0 radical (unpaired) electrons. The number of hydrogen-bond donors (Lipinski definition) is 1. The number of carbonyl (C=O) groups is 1. The van der Waals surface area contributed by atoms with Crippen molar-refractivity contribution >= 4 is 11.6 Å². The largest absolute Gasteiger partial charge is 0.385 e. The molecule has 2 rings (SSSR count). The van der Waals surface area contributed by atoms with Gasteiger partial charge in [-0.2, -0.15) is 0 Å². The minimum Gasteiger partial charge on any atom is -0.385 e. The second kappa shape index (κ2) is 5.87. The van der Waals surface area contributed by atoms with Gasteiger partial charge in [0, 0.05) is 38.5 Å². The number of carbonyl (C=O) groups excluding carboxylic acids is 1. The molecule has 4 heteroatoms. The Labute approximate surface area is 108 Å². The van der Waals surface area contributed by atoms with Crippen LogP contribution in [0.2, 0.25) is 0 Å². The van der Waals surface area contributed by atoms with Crippen molar-refractivity contribution in [2.45, 2.75) is 12.8 Å². The van der Waals surface area contributed by atoms with E-state index in [0.29, 0.717) is 13.2 Å². The average molecular weight is 248 g/mol. The maximum atomic E-state index is 12.4. The lowest BCUT2D eigenvalue weighted by Gasteiger charge is -2.23. The molecule has 1 amide bonds. The van der Waals surface area contributed by atoms with E-state index in [4.69, 9.17) is 4.74 Å². The van der Waals surface area contributed by atoms with Crippen molar-refractivity contribution in [2.75, 3.05) is 39.2 Å². The Balaban J connectivity index is 2.19. The first-order valence-electron chi connectivity index (χ1n) is 6.34. The van der Waals surface area contributed by atoms with Crippen molar-refractivity contribution in [1.82, 2.24) is 4.90 Å². The molecule has 1 aromatic carbocycles. The van der Waals surface area contributed by atoms with Crippen LogP contribution in [-0.2, 0) is 11.2 Å². The molecule has 0 saturated heterocycles. The third kappa shape index (κ3) is 2.64. The van der Waals surface area contributed by atoms with E-state index < -0.39 is 0 Å². The molecule has 1 aliphatic heterocycles. The maximum Gasteiger partial charge on any atom is 0.254 e. The van der Waals surface area contributed by atoms with Gasteiger partial charge in [-0.3, -0.25) is 4.79 Å². The molecule has 0 spiro atoms. The molecule has 0 saturated carbocycles. The monoisotopic (exact) mass is 248 g/mol. The van der Waals surface area contributed by atoms with Crippen LogP contribution < -0.4 is 5.32 Å². The Bertz CT molecular complexity index is 432. The Hall–Kier alpha value is -1.55. The van der Waals surface area contributed by atoms with E-state index in [2.05, 4.69) is 5.32 Å². The molecule has 1 aromatic rings. The van der Waals surface area contributed by atoms with Gasteiger partial charge in [0.15, 0.2) is 0 Å². The number of nitrogens with zero attached hydrogens (tertiary/aromatic N) is 1. The summed E-state index contributed by atoms with van der Waals surface area (Å²) < 4.78 is 5.00. The highest BCUT2D eigenvalue weighted by Gasteiger charge is 2.19. The van der Waals surface area contributed by atoms with Gasteiger partial charge in [-0.15, -0.1) is 0 Å². The zero-order valence-corrected chi connectivity index (χ0v) is 11.0. The molecule has 0 aliphatic carbocycles. The quantitative estimate of drug-likeness (QED) is 0.883. The van der Waals surface area contributed by atoms with Gasteiger partial charge in [-0.25, -0.2) is 0 Å². The van der Waals surface area contributed by atoms with Crippen LogP contribution in [0.15, 0.2) is 18.2 Å². The number of anilines is 1. The fraction of sp³-hybridized carbons (Fsp3) is 0.500. The highest BCUT2D eigenvalue weighted by molar-refractivity contribution is 5.97. The van der Waals surface area contributed by atoms with Crippen LogP contribution in [0.3, 0.4) is 0 Å². The summed E-state index contributed by atoms with van der Waals surface area (Å²) in [5.41, 5.74) is 3.07. The van der Waals surface area contributed by atoms with E-state index in [0.717, 1.165) is 36.2 Å². The van der Waals surface area contributed by atoms with Crippen LogP contribution in [0.25, 0.3) is 0 Å². The number of benzene rings is 1. The highest BCUT2D eigenvalue weighted by Crippen LogP contribution is 2.25. The van der Waals surface area contributed by atoms with Crippen molar-refractivity contribution in [3.63, 3.8) is 0 Å². The zero-order valence-electron chi connectivity index (χ0n) is 11.0. The van der Waals surface area contributed by atoms with Gasteiger partial charge in [0.1, 0.15) is 0 Å². The van der Waals surface area contributed by atoms with E-state index in [1.165, 1.54) is 0 Å². The third-order valence-electron chi connectivity index (χ3n) is 3.30. The topological polar surface area (TPSA) is 41.6 Å². The van der Waals surface area contributed by atoms with Gasteiger partial charge >= 0.3 is 0 Å². The van der Waals surface area contributed by atoms with Crippen LogP contribution >= 0.6 is 0 Å². The number of amides is 1. The lowest BCUT2D eigenvalue weighted by atomic mass is 9.97. The lowest BCUT2D eigenvalue weighted by molar-refractivity contribution is 0.0743. The number of fused-ring (bicyclic) bond motifs is 1. The van der Waals surface area contributed by atoms with E-state index in [9.17, 15) is 4.79 Å². The Kier molecular flexibility index (Phi) is 4.20. The fourth-order valence-corrected chi connectivity index (χ4v) is 2.25. The first-order valence-corrected chi connectivity index (χ1v) is 6.34. The number of likely N-dealkylation sites (N-methyl/N-ethyl adjacent to an activating group) is 1. The van der Waals surface area contributed by atoms with Crippen LogP contribution in [0.1, 0.15) is 22.3 Å². The SMILES string of the molecule is COCCN(C)C(=O)c1cccc2c1CCCN2. The number of methoxy groups -OCH3 is 1. The molecule has 0 bridgehead atoms. The first-order chi connectivity index (χ1) is 8.74. The molecule has 0 aromatic heterocycles. The average Bonchev–Trinajstić information content (AvgIpc) is 2.43. The van der Waals surface area contributed by atoms with Crippen LogP contribution in [0, 0.1) is 0 Å². The number of ether oxygens (including phenoxy) is 1. The maximum absolute atomic E-state index is 12.4. The van der Waals surface area contributed by atoms with Crippen LogP contribution in [0.4, 0.5) is 5.69 Å². The predicted octanol–water partition coefficient (Wildman–Crippen LogP) is 1.76. The molecule has 1 N–H and O–H groups in total. The van der Waals surface area contributed by atoms with Gasteiger partial charge < -0.3 is 15.0 Å². The van der Waals surface area contributed by atoms with Gasteiger partial charge in [-0.1, -0.05) is 6.07 Å². The molecular weight excluding hydrogens is 228 g/mol. The zero-order chi connectivity index (χ0) is 13.0. The molecule has 0 atom stereocenters. The Morgan fingerprint density at radius 2 is 2.33 bits per heavy atom. The minimum absolute atomic E-state index is 0.0765. The molecule has 4 nitrogen and oxygen atoms in total. The second-order valence-electron chi connectivity index (χ2n) is 4.58. The van der Waals surface area contributed by atoms with E-state index in [1.54, 1.807) is 12.0 Å². The Morgan fingerprint density at radius 1 is 1.50 bits per heavy atom. The number of hydrogen-bond acceptors (Lipinski definition) is 3. The molecule has 0 fully saturated rings. The molecule has 1 aliphatic rings. The molecule has 0 unspecified atom stereocenters. The summed E-state index contributed by atoms with van der Waals surface area (Å²) >= 11 is 0. The van der Waals surface area contributed by atoms with E-state index in [-0.39, 0.29) is 5.91 Å². The fourth-order valence-electron chi connectivity index (χ4n) is 2.25. The van der Waals surface area contributed by atoms with Gasteiger partial charge in [0.2, 0.25) is 0 Å². The Morgan fingerprint density at radius 3 is 3.11 bits per heavy atom. The van der Waals surface area contributed by atoms with E-state index >= 15 is 0 Å².